The van der Waals surface area contributed by atoms with Gasteiger partial charge in [0.05, 0.1) is 5.60 Å². The molecule has 21 heavy (non-hydrogen) atoms. The van der Waals surface area contributed by atoms with Crippen LogP contribution in [0, 0.1) is 0 Å². The summed E-state index contributed by atoms with van der Waals surface area (Å²) in [5.41, 5.74) is 0.0117. The van der Waals surface area contributed by atoms with E-state index < -0.39 is 5.97 Å². The quantitative estimate of drug-likeness (QED) is 0.739. The molecular formula is C16H27NO4. The molecule has 5 nitrogen and oxygen atoms in total. The van der Waals surface area contributed by atoms with E-state index in [-0.39, 0.29) is 24.0 Å². The highest BCUT2D eigenvalue weighted by Gasteiger charge is 2.38. The summed E-state index contributed by atoms with van der Waals surface area (Å²) in [6, 6.07) is 0.226. The van der Waals surface area contributed by atoms with Crippen molar-refractivity contribution in [3.63, 3.8) is 0 Å². The summed E-state index contributed by atoms with van der Waals surface area (Å²) in [5, 5.41) is 11.7. The summed E-state index contributed by atoms with van der Waals surface area (Å²) >= 11 is 0. The molecule has 1 spiro atoms. The van der Waals surface area contributed by atoms with Crippen molar-refractivity contribution in [3.05, 3.63) is 0 Å². The zero-order chi connectivity index (χ0) is 15.1. The molecule has 5 heteroatoms. The van der Waals surface area contributed by atoms with Crippen LogP contribution in [0.5, 0.6) is 0 Å². The molecule has 2 rings (SSSR count). The monoisotopic (exact) mass is 297 g/mol. The molecule has 0 bridgehead atoms. The maximum absolute atomic E-state index is 11.9. The average molecular weight is 297 g/mol. The Hall–Kier alpha value is -1.10. The van der Waals surface area contributed by atoms with Gasteiger partial charge in [-0.25, -0.2) is 0 Å². The molecule has 120 valence electrons. The van der Waals surface area contributed by atoms with Gasteiger partial charge in [-0.1, -0.05) is 19.3 Å². The fraction of sp³-hybridized carbons (Fsp3) is 0.875. The summed E-state index contributed by atoms with van der Waals surface area (Å²) < 4.78 is 6.03. The van der Waals surface area contributed by atoms with Crippen LogP contribution >= 0.6 is 0 Å². The zero-order valence-electron chi connectivity index (χ0n) is 12.7. The Labute approximate surface area is 126 Å². The second-order valence-electron chi connectivity index (χ2n) is 6.45. The third-order valence-electron chi connectivity index (χ3n) is 4.67. The summed E-state index contributed by atoms with van der Waals surface area (Å²) in [7, 11) is 0. The van der Waals surface area contributed by atoms with Gasteiger partial charge < -0.3 is 15.2 Å². The van der Waals surface area contributed by atoms with Crippen molar-refractivity contribution in [2.24, 2.45) is 0 Å². The lowest BCUT2D eigenvalue weighted by atomic mass is 9.78. The van der Waals surface area contributed by atoms with Gasteiger partial charge in [-0.2, -0.15) is 0 Å². The van der Waals surface area contributed by atoms with E-state index >= 15 is 0 Å². The highest BCUT2D eigenvalue weighted by atomic mass is 16.5. The van der Waals surface area contributed by atoms with E-state index in [4.69, 9.17) is 9.84 Å². The first-order chi connectivity index (χ1) is 10.1. The van der Waals surface area contributed by atoms with Gasteiger partial charge in [-0.05, 0) is 38.5 Å². The number of carboxylic acid groups (broad SMARTS) is 1. The number of ether oxygens (including phenoxy) is 1. The number of unbranched alkanes of at least 4 members (excludes halogenated alkanes) is 1. The summed E-state index contributed by atoms with van der Waals surface area (Å²) in [6.07, 6.45) is 9.63. The lowest BCUT2D eigenvalue weighted by Gasteiger charge is -2.43. The molecule has 0 aromatic rings. The molecule has 0 aromatic carbocycles. The number of hydrogen-bond acceptors (Lipinski definition) is 3. The first-order valence-electron chi connectivity index (χ1n) is 8.25. The molecule has 2 fully saturated rings. The van der Waals surface area contributed by atoms with Gasteiger partial charge in [0, 0.05) is 25.5 Å². The fourth-order valence-electron chi connectivity index (χ4n) is 3.56. The van der Waals surface area contributed by atoms with Crippen molar-refractivity contribution >= 4 is 11.9 Å². The smallest absolute Gasteiger partial charge is 0.303 e. The van der Waals surface area contributed by atoms with Crippen molar-refractivity contribution < 1.29 is 19.4 Å². The van der Waals surface area contributed by atoms with Crippen molar-refractivity contribution in [3.8, 4) is 0 Å². The van der Waals surface area contributed by atoms with Crippen LogP contribution in [0.4, 0.5) is 0 Å². The van der Waals surface area contributed by atoms with E-state index in [0.717, 1.165) is 32.3 Å². The number of hydrogen-bond donors (Lipinski definition) is 2. The molecule has 1 saturated heterocycles. The fourth-order valence-corrected chi connectivity index (χ4v) is 3.56. The Morgan fingerprint density at radius 2 is 1.86 bits per heavy atom. The molecule has 2 N–H and O–H groups in total. The van der Waals surface area contributed by atoms with Gasteiger partial charge in [0.25, 0.3) is 0 Å². The standard InChI is InChI=1S/C16H27NO4/c18-14(6-2-3-7-15(19)20)17-13-8-11-21-16(12-13)9-4-1-5-10-16/h13H,1-12H2,(H,17,18)(H,19,20). The molecule has 1 aliphatic heterocycles. The lowest BCUT2D eigenvalue weighted by Crippen LogP contribution is -2.49. The van der Waals surface area contributed by atoms with Gasteiger partial charge in [-0.15, -0.1) is 0 Å². The number of carboxylic acids is 1. The minimum Gasteiger partial charge on any atom is -0.481 e. The van der Waals surface area contributed by atoms with Crippen LogP contribution in [0.1, 0.15) is 70.6 Å². The predicted molar refractivity (Wildman–Crippen MR) is 79.0 cm³/mol. The number of rotatable bonds is 6. The molecule has 0 aromatic heterocycles. The highest BCUT2D eigenvalue weighted by Crippen LogP contribution is 2.38. The maximum atomic E-state index is 11.9. The van der Waals surface area contributed by atoms with E-state index in [1.54, 1.807) is 0 Å². The van der Waals surface area contributed by atoms with E-state index in [0.29, 0.717) is 19.3 Å². The first kappa shape index (κ1) is 16.3. The van der Waals surface area contributed by atoms with Gasteiger partial charge in [0.15, 0.2) is 0 Å². The highest BCUT2D eigenvalue weighted by molar-refractivity contribution is 5.76. The Morgan fingerprint density at radius 1 is 1.14 bits per heavy atom. The number of carbonyl (C=O) groups excluding carboxylic acids is 1. The molecule has 1 unspecified atom stereocenters. The van der Waals surface area contributed by atoms with Crippen LogP contribution in [-0.4, -0.2) is 35.2 Å². The Balaban J connectivity index is 1.69. The van der Waals surface area contributed by atoms with Crippen LogP contribution in [0.25, 0.3) is 0 Å². The topological polar surface area (TPSA) is 75.6 Å². The zero-order valence-corrected chi connectivity index (χ0v) is 12.7. The normalized spacial score (nSPS) is 24.7. The van der Waals surface area contributed by atoms with E-state index in [9.17, 15) is 9.59 Å². The Morgan fingerprint density at radius 3 is 2.57 bits per heavy atom. The van der Waals surface area contributed by atoms with Crippen molar-refractivity contribution in [2.45, 2.75) is 82.3 Å². The largest absolute Gasteiger partial charge is 0.481 e. The minimum absolute atomic E-state index is 0.0117. The van der Waals surface area contributed by atoms with Gasteiger partial charge in [-0.3, -0.25) is 9.59 Å². The van der Waals surface area contributed by atoms with Crippen LogP contribution in [0.15, 0.2) is 0 Å². The molecule has 0 radical (unpaired) electrons. The Bertz CT molecular complexity index is 358. The summed E-state index contributed by atoms with van der Waals surface area (Å²) in [5.74, 6) is -0.739. The van der Waals surface area contributed by atoms with E-state index in [1.165, 1.54) is 19.3 Å². The third kappa shape index (κ3) is 5.30. The van der Waals surface area contributed by atoms with Gasteiger partial charge in [0.2, 0.25) is 5.91 Å². The third-order valence-corrected chi connectivity index (χ3v) is 4.67. The number of aliphatic carboxylic acids is 1. The van der Waals surface area contributed by atoms with E-state index in [2.05, 4.69) is 5.32 Å². The number of amides is 1. The molecule has 1 amide bonds. The minimum atomic E-state index is -0.793. The Kier molecular flexibility index (Phi) is 6.03. The van der Waals surface area contributed by atoms with Crippen LogP contribution in [0.3, 0.4) is 0 Å². The molecule has 1 atom stereocenters. The molecule has 2 aliphatic rings. The summed E-state index contributed by atoms with van der Waals surface area (Å²) in [4.78, 5) is 22.3. The molecular weight excluding hydrogens is 270 g/mol. The number of nitrogens with one attached hydrogen (secondary N) is 1. The maximum Gasteiger partial charge on any atom is 0.303 e. The summed E-state index contributed by atoms with van der Waals surface area (Å²) in [6.45, 7) is 0.740. The lowest BCUT2D eigenvalue weighted by molar-refractivity contribution is -0.137. The van der Waals surface area contributed by atoms with Crippen LogP contribution < -0.4 is 5.32 Å². The van der Waals surface area contributed by atoms with E-state index in [1.807, 2.05) is 0 Å². The second kappa shape index (κ2) is 7.78. The van der Waals surface area contributed by atoms with Gasteiger partial charge in [0.1, 0.15) is 0 Å². The molecule has 1 aliphatic carbocycles. The number of carbonyl (C=O) groups is 2. The average Bonchev–Trinajstić information content (AvgIpc) is 2.44. The van der Waals surface area contributed by atoms with Gasteiger partial charge >= 0.3 is 5.97 Å². The van der Waals surface area contributed by atoms with Crippen molar-refractivity contribution in [2.75, 3.05) is 6.61 Å². The predicted octanol–water partition coefficient (Wildman–Crippen LogP) is 2.63. The molecule has 1 saturated carbocycles. The van der Waals surface area contributed by atoms with Crippen LogP contribution in [0.2, 0.25) is 0 Å². The van der Waals surface area contributed by atoms with Crippen molar-refractivity contribution in [1.29, 1.82) is 0 Å². The molecule has 1 heterocycles. The first-order valence-corrected chi connectivity index (χ1v) is 8.25. The van der Waals surface area contributed by atoms with Crippen molar-refractivity contribution in [1.82, 2.24) is 5.32 Å². The SMILES string of the molecule is O=C(O)CCCCC(=O)NC1CCOC2(CCCCC2)C1. The van der Waals surface area contributed by atoms with Crippen LogP contribution in [-0.2, 0) is 14.3 Å². The second-order valence-corrected chi connectivity index (χ2v) is 6.45.